The molecule has 0 saturated carbocycles. The van der Waals surface area contributed by atoms with Crippen LogP contribution >= 0.6 is 11.6 Å². The van der Waals surface area contributed by atoms with Crippen LogP contribution in [0, 0.1) is 5.82 Å². The molecule has 2 aromatic heterocycles. The summed E-state index contributed by atoms with van der Waals surface area (Å²) in [6, 6.07) is 17.7. The molecule has 0 radical (unpaired) electrons. The van der Waals surface area contributed by atoms with Gasteiger partial charge in [-0.05, 0) is 54.8 Å². The highest BCUT2D eigenvalue weighted by Crippen LogP contribution is 2.30. The van der Waals surface area contributed by atoms with E-state index in [4.69, 9.17) is 16.6 Å². The molecule has 3 heterocycles. The van der Waals surface area contributed by atoms with E-state index in [2.05, 4.69) is 9.55 Å². The minimum absolute atomic E-state index is 0.0331. The van der Waals surface area contributed by atoms with Crippen LogP contribution in [0.1, 0.15) is 40.6 Å². The molecular formula is C25H22ClFN4O. The zero-order valence-electron chi connectivity index (χ0n) is 17.4. The van der Waals surface area contributed by atoms with Gasteiger partial charge in [0.05, 0.1) is 10.6 Å². The van der Waals surface area contributed by atoms with E-state index in [1.54, 1.807) is 30.5 Å². The van der Waals surface area contributed by atoms with Crippen molar-refractivity contribution in [3.63, 3.8) is 0 Å². The lowest BCUT2D eigenvalue weighted by molar-refractivity contribution is 0.0695. The molecule has 0 bridgehead atoms. The topological polar surface area (TPSA) is 51.0 Å². The number of pyridine rings is 1. The molecule has 2 aromatic carbocycles. The summed E-state index contributed by atoms with van der Waals surface area (Å²) in [6.45, 7) is 1.27. The third kappa shape index (κ3) is 3.98. The number of benzene rings is 2. The maximum Gasteiger partial charge on any atom is 0.255 e. The standard InChI is InChI=1S/C25H22ClFN4O/c26-21-5-2-1-4-20(21)25(32)30-14-11-19(12-15-30)31-23(16-17-7-9-18(27)10-8-17)29-22-6-3-13-28-24(22)31/h1-10,13,19H,11-12,14-16H2. The molecule has 1 saturated heterocycles. The van der Waals surface area contributed by atoms with Crippen molar-refractivity contribution in [2.24, 2.45) is 0 Å². The molecule has 0 atom stereocenters. The number of fused-ring (bicyclic) bond motifs is 1. The number of piperidine rings is 1. The molecule has 32 heavy (non-hydrogen) atoms. The SMILES string of the molecule is O=C(c1ccccc1Cl)N1CCC(n2c(Cc3ccc(F)cc3)nc3cccnc32)CC1. The van der Waals surface area contributed by atoms with E-state index in [0.29, 0.717) is 30.1 Å². The van der Waals surface area contributed by atoms with E-state index >= 15 is 0 Å². The van der Waals surface area contributed by atoms with E-state index in [0.717, 1.165) is 35.4 Å². The van der Waals surface area contributed by atoms with Crippen LogP contribution in [0.3, 0.4) is 0 Å². The summed E-state index contributed by atoms with van der Waals surface area (Å²) in [5, 5.41) is 0.478. The maximum atomic E-state index is 13.3. The number of hydrogen-bond donors (Lipinski definition) is 0. The summed E-state index contributed by atoms with van der Waals surface area (Å²) in [6.07, 6.45) is 3.97. The molecule has 0 N–H and O–H groups in total. The summed E-state index contributed by atoms with van der Waals surface area (Å²) in [7, 11) is 0. The molecule has 1 aliphatic heterocycles. The average molecular weight is 449 g/mol. The Morgan fingerprint density at radius 2 is 1.78 bits per heavy atom. The van der Waals surface area contributed by atoms with Crippen molar-refractivity contribution >= 4 is 28.7 Å². The predicted molar refractivity (Wildman–Crippen MR) is 122 cm³/mol. The van der Waals surface area contributed by atoms with E-state index in [9.17, 15) is 9.18 Å². The van der Waals surface area contributed by atoms with E-state index in [1.165, 1.54) is 12.1 Å². The highest BCUT2D eigenvalue weighted by molar-refractivity contribution is 6.33. The van der Waals surface area contributed by atoms with Gasteiger partial charge in [0, 0.05) is 31.7 Å². The van der Waals surface area contributed by atoms with Gasteiger partial charge in [0.1, 0.15) is 17.2 Å². The number of carbonyl (C=O) groups excluding carboxylic acids is 1. The Hall–Kier alpha value is -3.25. The average Bonchev–Trinajstić information content (AvgIpc) is 3.18. The van der Waals surface area contributed by atoms with Gasteiger partial charge < -0.3 is 9.47 Å². The summed E-state index contributed by atoms with van der Waals surface area (Å²) in [4.78, 5) is 24.2. The van der Waals surface area contributed by atoms with Crippen LogP contribution in [0.4, 0.5) is 4.39 Å². The fourth-order valence-electron chi connectivity index (χ4n) is 4.40. The first-order valence-corrected chi connectivity index (χ1v) is 11.1. The first kappa shape index (κ1) is 20.6. The predicted octanol–water partition coefficient (Wildman–Crippen LogP) is 5.29. The highest BCUT2D eigenvalue weighted by Gasteiger charge is 2.28. The van der Waals surface area contributed by atoms with Crippen molar-refractivity contribution in [3.8, 4) is 0 Å². The molecule has 162 valence electrons. The number of carbonyl (C=O) groups is 1. The van der Waals surface area contributed by atoms with Crippen molar-refractivity contribution in [1.82, 2.24) is 19.4 Å². The van der Waals surface area contributed by atoms with Crippen LogP contribution in [0.25, 0.3) is 11.2 Å². The number of hydrogen-bond acceptors (Lipinski definition) is 3. The molecule has 0 spiro atoms. The quantitative estimate of drug-likeness (QED) is 0.426. The van der Waals surface area contributed by atoms with Crippen LogP contribution in [0.2, 0.25) is 5.02 Å². The van der Waals surface area contributed by atoms with E-state index in [-0.39, 0.29) is 17.8 Å². The largest absolute Gasteiger partial charge is 0.338 e. The fraction of sp³-hybridized carbons (Fsp3) is 0.240. The van der Waals surface area contributed by atoms with Crippen molar-refractivity contribution in [1.29, 1.82) is 0 Å². The number of likely N-dealkylation sites (tertiary alicyclic amines) is 1. The molecule has 1 aliphatic rings. The molecule has 0 unspecified atom stereocenters. The van der Waals surface area contributed by atoms with Gasteiger partial charge in [0.25, 0.3) is 5.91 Å². The van der Waals surface area contributed by atoms with Crippen LogP contribution in [-0.4, -0.2) is 38.4 Å². The second-order valence-electron chi connectivity index (χ2n) is 8.05. The zero-order valence-corrected chi connectivity index (χ0v) is 18.2. The molecule has 7 heteroatoms. The Kier molecular flexibility index (Phi) is 5.62. The molecule has 1 amide bonds. The third-order valence-corrected chi connectivity index (χ3v) is 6.35. The Morgan fingerprint density at radius 3 is 2.53 bits per heavy atom. The molecule has 5 rings (SSSR count). The van der Waals surface area contributed by atoms with Crippen LogP contribution in [0.15, 0.2) is 66.9 Å². The minimum atomic E-state index is -0.250. The third-order valence-electron chi connectivity index (χ3n) is 6.02. The first-order chi connectivity index (χ1) is 15.6. The molecule has 0 aliphatic carbocycles. The number of rotatable bonds is 4. The summed E-state index contributed by atoms with van der Waals surface area (Å²) >= 11 is 6.23. The van der Waals surface area contributed by atoms with Gasteiger partial charge in [-0.2, -0.15) is 0 Å². The van der Waals surface area contributed by atoms with E-state index < -0.39 is 0 Å². The van der Waals surface area contributed by atoms with Crippen LogP contribution in [0.5, 0.6) is 0 Å². The van der Waals surface area contributed by atoms with Gasteiger partial charge in [-0.1, -0.05) is 35.9 Å². The van der Waals surface area contributed by atoms with Crippen LogP contribution < -0.4 is 0 Å². The molecule has 5 nitrogen and oxygen atoms in total. The number of aromatic nitrogens is 3. The second kappa shape index (κ2) is 8.71. The van der Waals surface area contributed by atoms with Gasteiger partial charge in [-0.3, -0.25) is 4.79 Å². The van der Waals surface area contributed by atoms with Gasteiger partial charge >= 0.3 is 0 Å². The Balaban J connectivity index is 1.40. The highest BCUT2D eigenvalue weighted by atomic mass is 35.5. The summed E-state index contributed by atoms with van der Waals surface area (Å²) in [5.74, 6) is 0.620. The summed E-state index contributed by atoms with van der Waals surface area (Å²) < 4.78 is 15.5. The van der Waals surface area contributed by atoms with E-state index in [1.807, 2.05) is 29.2 Å². The van der Waals surface area contributed by atoms with Crippen molar-refractivity contribution < 1.29 is 9.18 Å². The Labute approximate surface area is 190 Å². The first-order valence-electron chi connectivity index (χ1n) is 10.7. The monoisotopic (exact) mass is 448 g/mol. The smallest absolute Gasteiger partial charge is 0.255 e. The molecule has 1 fully saturated rings. The number of amides is 1. The maximum absolute atomic E-state index is 13.3. The van der Waals surface area contributed by atoms with Gasteiger partial charge in [-0.15, -0.1) is 0 Å². The number of imidazole rings is 1. The summed E-state index contributed by atoms with van der Waals surface area (Å²) in [5.41, 5.74) is 3.23. The normalized spacial score (nSPS) is 14.8. The van der Waals surface area contributed by atoms with Crippen molar-refractivity contribution in [3.05, 3.63) is 94.7 Å². The Bertz CT molecular complexity index is 1260. The van der Waals surface area contributed by atoms with Gasteiger partial charge in [0.2, 0.25) is 0 Å². The van der Waals surface area contributed by atoms with Crippen molar-refractivity contribution in [2.75, 3.05) is 13.1 Å². The van der Waals surface area contributed by atoms with Gasteiger partial charge in [0.15, 0.2) is 5.65 Å². The lowest BCUT2D eigenvalue weighted by Gasteiger charge is -2.33. The van der Waals surface area contributed by atoms with Crippen LogP contribution in [-0.2, 0) is 6.42 Å². The lowest BCUT2D eigenvalue weighted by Crippen LogP contribution is -2.39. The Morgan fingerprint density at radius 1 is 1.03 bits per heavy atom. The zero-order chi connectivity index (χ0) is 22.1. The molecule has 4 aromatic rings. The number of nitrogens with zero attached hydrogens (tertiary/aromatic N) is 4. The second-order valence-corrected chi connectivity index (χ2v) is 8.46. The lowest BCUT2D eigenvalue weighted by atomic mass is 10.0. The van der Waals surface area contributed by atoms with Crippen molar-refractivity contribution in [2.45, 2.75) is 25.3 Å². The fourth-order valence-corrected chi connectivity index (χ4v) is 4.62. The molecular weight excluding hydrogens is 427 g/mol. The number of halogens is 2. The van der Waals surface area contributed by atoms with Gasteiger partial charge in [-0.25, -0.2) is 14.4 Å². The minimum Gasteiger partial charge on any atom is -0.338 e.